The van der Waals surface area contributed by atoms with E-state index in [0.717, 1.165) is 0 Å². The van der Waals surface area contributed by atoms with E-state index >= 15 is 0 Å². The normalized spacial score (nSPS) is 10.0. The van der Waals surface area contributed by atoms with Crippen LogP contribution in [0.15, 0.2) is 0 Å². The van der Waals surface area contributed by atoms with Crippen LogP contribution >= 0.6 is 0 Å². The van der Waals surface area contributed by atoms with Crippen molar-refractivity contribution in [2.75, 3.05) is 6.54 Å². The van der Waals surface area contributed by atoms with Crippen molar-refractivity contribution in [2.24, 2.45) is 0 Å². The minimum atomic E-state index is -0.0694. The Morgan fingerprint density at radius 3 is 2.17 bits per heavy atom. The number of hydrazine groups is 1. The van der Waals surface area contributed by atoms with Gasteiger partial charge in [-0.2, -0.15) is 0 Å². The van der Waals surface area contributed by atoms with E-state index in [4.69, 9.17) is 10.4 Å². The predicted molar refractivity (Wildman–Crippen MR) is 19.1 cm³/mol. The Balaban J connectivity index is 2.63. The molecule has 0 radical (unpaired) electrons. The van der Waals surface area contributed by atoms with Gasteiger partial charge in [-0.15, -0.1) is 0 Å². The highest BCUT2D eigenvalue weighted by molar-refractivity contribution is 4.12. The van der Waals surface area contributed by atoms with Gasteiger partial charge in [-0.3, -0.25) is 10.4 Å². The number of hydrogen-bond donors (Lipinski definition) is 3. The number of hydrogen-bond acceptors (Lipinski definition) is 4. The third-order valence-electron chi connectivity index (χ3n) is 0.300. The zero-order chi connectivity index (χ0) is 4.99. The van der Waals surface area contributed by atoms with Gasteiger partial charge in [0.15, 0.2) is 0 Å². The molecule has 0 aliphatic heterocycles. The second kappa shape index (κ2) is 3.05. The summed E-state index contributed by atoms with van der Waals surface area (Å²) in [5, 5.41) is 15.6. The van der Waals surface area contributed by atoms with Gasteiger partial charge in [0.25, 0.3) is 0 Å². The molecule has 0 aromatic heterocycles. The van der Waals surface area contributed by atoms with Crippen LogP contribution in [0, 0.1) is 0 Å². The molecule has 0 aliphatic rings. The first-order chi connectivity index (χ1) is 2.77. The van der Waals surface area contributed by atoms with Crippen molar-refractivity contribution in [2.45, 2.75) is 6.92 Å². The van der Waals surface area contributed by atoms with Gasteiger partial charge in [0.1, 0.15) is 0 Å². The molecule has 3 N–H and O–H groups in total. The van der Waals surface area contributed by atoms with Crippen LogP contribution < -0.4 is 5.43 Å². The van der Waals surface area contributed by atoms with Crippen molar-refractivity contribution in [1.82, 2.24) is 10.8 Å². The van der Waals surface area contributed by atoms with Crippen LogP contribution in [0.25, 0.3) is 0 Å². The first-order valence-electron chi connectivity index (χ1n) is 1.68. The van der Waals surface area contributed by atoms with E-state index in [1.807, 2.05) is 0 Å². The van der Waals surface area contributed by atoms with Gasteiger partial charge in [0.2, 0.25) is 0 Å². The first kappa shape index (κ1) is 5.84. The molecule has 0 heterocycles. The minimum Gasteiger partial charge on any atom is -0.276 e. The van der Waals surface area contributed by atoms with Gasteiger partial charge in [0, 0.05) is 11.9 Å². The van der Waals surface area contributed by atoms with Crippen LogP contribution in [0.5, 0.6) is 0 Å². The van der Waals surface area contributed by atoms with Gasteiger partial charge in [-0.1, -0.05) is 6.92 Å². The van der Waals surface area contributed by atoms with Crippen molar-refractivity contribution < 1.29 is 10.4 Å². The first-order valence-corrected chi connectivity index (χ1v) is 1.68. The van der Waals surface area contributed by atoms with Crippen LogP contribution in [0.1, 0.15) is 6.92 Å². The summed E-state index contributed by atoms with van der Waals surface area (Å²) in [7, 11) is 0. The van der Waals surface area contributed by atoms with Gasteiger partial charge in [-0.05, 0) is 0 Å². The molecule has 0 aliphatic carbocycles. The second-order valence-electron chi connectivity index (χ2n) is 0.801. The Bertz CT molecular complexity index is 30.7. The summed E-state index contributed by atoms with van der Waals surface area (Å²) >= 11 is 0. The third-order valence-corrected chi connectivity index (χ3v) is 0.300. The highest BCUT2D eigenvalue weighted by Gasteiger charge is 1.80. The second-order valence-corrected chi connectivity index (χ2v) is 0.801. The summed E-state index contributed by atoms with van der Waals surface area (Å²) in [6, 6.07) is 0. The van der Waals surface area contributed by atoms with Crippen LogP contribution in [-0.4, -0.2) is 22.3 Å². The Hall–Kier alpha value is -0.160. The SMILES string of the molecule is CCNN(O)O. The average molecular weight is 92.1 g/mol. The standard InChI is InChI=1S/C2H8N2O2/c1-2-3-4(5)6/h3,5-6H,2H2,1H3. The van der Waals surface area contributed by atoms with Gasteiger partial charge in [-0.25, -0.2) is 5.43 Å². The van der Waals surface area contributed by atoms with Crippen molar-refractivity contribution >= 4 is 0 Å². The molecular formula is C2H8N2O2. The monoisotopic (exact) mass is 92.1 g/mol. The summed E-state index contributed by atoms with van der Waals surface area (Å²) < 4.78 is 0. The molecular weight excluding hydrogens is 84.0 g/mol. The third kappa shape index (κ3) is 3.84. The fourth-order valence-corrected chi connectivity index (χ4v) is 0.141. The molecule has 0 atom stereocenters. The summed E-state index contributed by atoms with van der Waals surface area (Å²) in [5.41, 5.74) is 2.15. The molecule has 0 fully saturated rings. The zero-order valence-electron chi connectivity index (χ0n) is 3.55. The predicted octanol–water partition coefficient (Wildman–Crippen LogP) is -0.409. The van der Waals surface area contributed by atoms with Crippen LogP contribution in [-0.2, 0) is 0 Å². The van der Waals surface area contributed by atoms with Crippen molar-refractivity contribution in [3.8, 4) is 0 Å². The van der Waals surface area contributed by atoms with Gasteiger partial charge >= 0.3 is 0 Å². The highest BCUT2D eigenvalue weighted by Crippen LogP contribution is 1.55. The molecule has 0 amide bonds. The summed E-state index contributed by atoms with van der Waals surface area (Å²) in [5.74, 6) is 0. The number of rotatable bonds is 2. The van der Waals surface area contributed by atoms with Crippen molar-refractivity contribution in [3.63, 3.8) is 0 Å². The van der Waals surface area contributed by atoms with Crippen molar-refractivity contribution in [3.05, 3.63) is 0 Å². The van der Waals surface area contributed by atoms with Crippen molar-refractivity contribution in [1.29, 1.82) is 0 Å². The van der Waals surface area contributed by atoms with Crippen LogP contribution in [0.3, 0.4) is 0 Å². The molecule has 0 aromatic rings. The Labute approximate surface area is 35.9 Å². The van der Waals surface area contributed by atoms with E-state index in [1.165, 1.54) is 0 Å². The number of nitrogens with zero attached hydrogens (tertiary/aromatic N) is 1. The Morgan fingerprint density at radius 2 is 2.17 bits per heavy atom. The number of nitrogens with one attached hydrogen (secondary N) is 1. The molecule has 0 unspecified atom stereocenters. The average Bonchev–Trinajstić information content (AvgIpc) is 1.35. The molecule has 0 saturated carbocycles. The molecule has 4 heteroatoms. The maximum Gasteiger partial charge on any atom is 0.0119 e. The lowest BCUT2D eigenvalue weighted by molar-refractivity contribution is -0.341. The van der Waals surface area contributed by atoms with Gasteiger partial charge < -0.3 is 0 Å². The van der Waals surface area contributed by atoms with E-state index in [2.05, 4.69) is 5.43 Å². The van der Waals surface area contributed by atoms with E-state index in [9.17, 15) is 0 Å². The molecule has 0 bridgehead atoms. The molecule has 0 saturated heterocycles. The molecule has 0 spiro atoms. The smallest absolute Gasteiger partial charge is 0.0119 e. The Morgan fingerprint density at radius 1 is 1.67 bits per heavy atom. The summed E-state index contributed by atoms with van der Waals surface area (Å²) in [6.07, 6.45) is 0. The molecule has 0 rings (SSSR count). The lowest BCUT2D eigenvalue weighted by Crippen LogP contribution is -2.30. The summed E-state index contributed by atoms with van der Waals surface area (Å²) in [4.78, 5) is 0. The minimum absolute atomic E-state index is 0.0694. The maximum atomic E-state index is 7.83. The zero-order valence-corrected chi connectivity index (χ0v) is 3.55. The van der Waals surface area contributed by atoms with Crippen LogP contribution in [0.2, 0.25) is 0 Å². The highest BCUT2D eigenvalue weighted by atomic mass is 16.8. The van der Waals surface area contributed by atoms with Gasteiger partial charge in [0.05, 0.1) is 0 Å². The molecule has 6 heavy (non-hydrogen) atoms. The quantitative estimate of drug-likeness (QED) is 0.405. The Kier molecular flexibility index (Phi) is 2.97. The fraction of sp³-hybridized carbons (Fsp3) is 1.00. The van der Waals surface area contributed by atoms with Crippen LogP contribution in [0.4, 0.5) is 0 Å². The van der Waals surface area contributed by atoms with E-state index in [1.54, 1.807) is 6.92 Å². The van der Waals surface area contributed by atoms with E-state index in [0.29, 0.717) is 6.54 Å². The lowest BCUT2D eigenvalue weighted by Gasteiger charge is -2.01. The largest absolute Gasteiger partial charge is 0.276 e. The topological polar surface area (TPSA) is 55.7 Å². The maximum absolute atomic E-state index is 7.83. The van der Waals surface area contributed by atoms with E-state index in [-0.39, 0.29) is 5.34 Å². The lowest BCUT2D eigenvalue weighted by atomic mass is 10.8. The molecule has 0 aromatic carbocycles. The summed E-state index contributed by atoms with van der Waals surface area (Å²) in [6.45, 7) is 2.26. The molecule has 38 valence electrons. The molecule has 4 nitrogen and oxygen atoms in total. The van der Waals surface area contributed by atoms with E-state index < -0.39 is 0 Å². The fourth-order valence-electron chi connectivity index (χ4n) is 0.141.